The molecule has 1 saturated carbocycles. The van der Waals surface area contributed by atoms with Gasteiger partial charge in [-0.2, -0.15) is 0 Å². The van der Waals surface area contributed by atoms with Crippen molar-refractivity contribution in [3.63, 3.8) is 0 Å². The number of esters is 1. The summed E-state index contributed by atoms with van der Waals surface area (Å²) >= 11 is 0. The number of benzene rings is 3. The highest BCUT2D eigenvalue weighted by Crippen LogP contribution is 2.61. The minimum Gasteiger partial charge on any atom is -0.495 e. The maximum Gasteiger partial charge on any atom is 0.326 e. The average Bonchev–Trinajstić information content (AvgIpc) is 2.96. The Balaban J connectivity index is 1.53. The van der Waals surface area contributed by atoms with Crippen LogP contribution in [-0.4, -0.2) is 28.1 Å². The molecule has 204 valence electrons. The molecule has 1 fully saturated rings. The standard InChI is InChI=1S/C34H38O4S/c1-21(2)23-18-17-22(3)19-30(23)38-33(35)34(39(36)31-16-10-9-15-29(31)37-4)20-28-24-11-5-7-13-26(24)32(34)27-14-8-6-12-25(27)28/h5-16,21-23,28,30,32H,17-20H2,1-4H3/t22-,23+,28?,30-,32?,34+,39-/m1/s1. The van der Waals surface area contributed by atoms with Crippen LogP contribution in [-0.2, 0) is 20.3 Å². The van der Waals surface area contributed by atoms with E-state index < -0.39 is 15.5 Å². The largest absolute Gasteiger partial charge is 0.495 e. The zero-order valence-corrected chi connectivity index (χ0v) is 24.1. The van der Waals surface area contributed by atoms with Gasteiger partial charge in [0, 0.05) is 11.8 Å². The minimum atomic E-state index is -1.72. The molecule has 5 heteroatoms. The number of ether oxygens (including phenoxy) is 2. The number of carbonyl (C=O) groups is 1. The summed E-state index contributed by atoms with van der Waals surface area (Å²) in [5, 5.41) is 0. The van der Waals surface area contributed by atoms with Crippen molar-refractivity contribution in [1.29, 1.82) is 0 Å². The van der Waals surface area contributed by atoms with E-state index in [0.29, 0.717) is 34.8 Å². The summed E-state index contributed by atoms with van der Waals surface area (Å²) in [4.78, 5) is 15.4. The number of fused-ring (bicyclic) bond motifs is 1. The van der Waals surface area contributed by atoms with Crippen molar-refractivity contribution in [2.24, 2.45) is 17.8 Å². The van der Waals surface area contributed by atoms with Crippen molar-refractivity contribution in [3.05, 3.63) is 95.1 Å². The van der Waals surface area contributed by atoms with Gasteiger partial charge in [-0.25, -0.2) is 0 Å². The van der Waals surface area contributed by atoms with Crippen LogP contribution in [0.1, 0.15) is 80.5 Å². The molecule has 4 nitrogen and oxygen atoms in total. The second-order valence-corrected chi connectivity index (χ2v) is 13.7. The number of carbonyl (C=O) groups excluding carboxylic acids is 1. The number of methoxy groups -OCH3 is 1. The Bertz CT molecular complexity index is 1370. The molecule has 7 rings (SSSR count). The maximum atomic E-state index is 15.0. The quantitative estimate of drug-likeness (QED) is 0.309. The van der Waals surface area contributed by atoms with Gasteiger partial charge in [-0.1, -0.05) is 87.9 Å². The molecule has 3 aromatic rings. The highest BCUT2D eigenvalue weighted by atomic mass is 32.2. The number of hydrogen-bond acceptors (Lipinski definition) is 4. The first-order valence-electron chi connectivity index (χ1n) is 14.3. The predicted molar refractivity (Wildman–Crippen MR) is 155 cm³/mol. The summed E-state index contributed by atoms with van der Waals surface area (Å²) in [6.07, 6.45) is 3.34. The lowest BCUT2D eigenvalue weighted by atomic mass is 9.58. The first kappa shape index (κ1) is 26.3. The average molecular weight is 543 g/mol. The fourth-order valence-electron chi connectivity index (χ4n) is 7.58. The highest BCUT2D eigenvalue weighted by Gasteiger charge is 2.62. The van der Waals surface area contributed by atoms with Crippen molar-refractivity contribution in [3.8, 4) is 5.75 Å². The van der Waals surface area contributed by atoms with Crippen LogP contribution < -0.4 is 4.74 Å². The van der Waals surface area contributed by atoms with Gasteiger partial charge < -0.3 is 9.47 Å². The molecule has 0 radical (unpaired) electrons. The van der Waals surface area contributed by atoms with Crippen LogP contribution in [0.2, 0.25) is 0 Å². The zero-order valence-electron chi connectivity index (χ0n) is 23.3. The second kappa shape index (κ2) is 10.2. The third-order valence-electron chi connectivity index (χ3n) is 9.50. The van der Waals surface area contributed by atoms with Crippen LogP contribution in [0.5, 0.6) is 5.75 Å². The molecule has 4 aliphatic carbocycles. The Hall–Kier alpha value is -2.92. The Morgan fingerprint density at radius 3 is 2.10 bits per heavy atom. The lowest BCUT2D eigenvalue weighted by Gasteiger charge is -2.51. The third-order valence-corrected chi connectivity index (χ3v) is 11.5. The first-order chi connectivity index (χ1) is 18.9. The fourth-order valence-corrected chi connectivity index (χ4v) is 9.49. The molecule has 0 amide bonds. The summed E-state index contributed by atoms with van der Waals surface area (Å²) in [5.74, 6) is 1.04. The summed E-state index contributed by atoms with van der Waals surface area (Å²) < 4.78 is 26.0. The molecule has 3 aromatic carbocycles. The van der Waals surface area contributed by atoms with Crippen molar-refractivity contribution in [2.45, 2.75) is 74.0 Å². The Labute approximate surface area is 234 Å². The van der Waals surface area contributed by atoms with Crippen molar-refractivity contribution < 1.29 is 18.5 Å². The molecule has 0 aliphatic heterocycles. The van der Waals surface area contributed by atoms with Gasteiger partial charge in [-0.05, 0) is 71.4 Å². The summed E-state index contributed by atoms with van der Waals surface area (Å²) in [7, 11) is -0.126. The first-order valence-corrected chi connectivity index (χ1v) is 15.5. The van der Waals surface area contributed by atoms with E-state index in [1.54, 1.807) is 7.11 Å². The van der Waals surface area contributed by atoms with Crippen LogP contribution in [0.3, 0.4) is 0 Å². The van der Waals surface area contributed by atoms with E-state index in [9.17, 15) is 4.79 Å². The van der Waals surface area contributed by atoms with E-state index in [1.807, 2.05) is 36.4 Å². The van der Waals surface area contributed by atoms with Gasteiger partial charge in [0.15, 0.2) is 4.75 Å². The van der Waals surface area contributed by atoms with Gasteiger partial charge in [-0.15, -0.1) is 0 Å². The van der Waals surface area contributed by atoms with Gasteiger partial charge in [0.2, 0.25) is 0 Å². The Morgan fingerprint density at radius 1 is 0.897 bits per heavy atom. The molecule has 4 aliphatic rings. The molecule has 39 heavy (non-hydrogen) atoms. The Morgan fingerprint density at radius 2 is 1.49 bits per heavy atom. The number of hydrogen-bond donors (Lipinski definition) is 0. The predicted octanol–water partition coefficient (Wildman–Crippen LogP) is 7.23. The Kier molecular flexibility index (Phi) is 6.91. The van der Waals surface area contributed by atoms with E-state index in [-0.39, 0.29) is 23.9 Å². The molecule has 0 N–H and O–H groups in total. The SMILES string of the molecule is COc1ccccc1[S@@](=O)[C@@]1(C(=O)O[C@@H]2C[C@H](C)CC[C@H]2C(C)C)CC2c3ccccc3C1c1ccccc12. The van der Waals surface area contributed by atoms with E-state index in [4.69, 9.17) is 9.47 Å². The van der Waals surface area contributed by atoms with Gasteiger partial charge in [-0.3, -0.25) is 9.00 Å². The third kappa shape index (κ3) is 4.16. The van der Waals surface area contributed by atoms with Gasteiger partial charge in [0.1, 0.15) is 11.9 Å². The topological polar surface area (TPSA) is 52.6 Å². The highest BCUT2D eigenvalue weighted by molar-refractivity contribution is 7.87. The molecule has 2 bridgehead atoms. The zero-order chi connectivity index (χ0) is 27.3. The summed E-state index contributed by atoms with van der Waals surface area (Å²) in [6, 6.07) is 24.2. The van der Waals surface area contributed by atoms with Crippen LogP contribution >= 0.6 is 0 Å². The smallest absolute Gasteiger partial charge is 0.326 e. The van der Waals surface area contributed by atoms with Crippen LogP contribution in [0.15, 0.2) is 77.7 Å². The van der Waals surface area contributed by atoms with Gasteiger partial charge >= 0.3 is 5.97 Å². The normalized spacial score (nSPS) is 29.8. The fraction of sp³-hybridized carbons (Fsp3) is 0.441. The molecule has 5 atom stereocenters. The second-order valence-electron chi connectivity index (χ2n) is 12.0. The monoisotopic (exact) mass is 542 g/mol. The van der Waals surface area contributed by atoms with Crippen LogP contribution in [0.25, 0.3) is 0 Å². The maximum absolute atomic E-state index is 15.0. The summed E-state index contributed by atoms with van der Waals surface area (Å²) in [5.41, 5.74) is 4.64. The number of para-hydroxylation sites is 1. The lowest BCUT2D eigenvalue weighted by Crippen LogP contribution is -2.57. The molecule has 0 spiro atoms. The number of rotatable bonds is 6. The van der Waals surface area contributed by atoms with E-state index in [2.05, 4.69) is 57.2 Å². The van der Waals surface area contributed by atoms with E-state index >= 15 is 4.21 Å². The van der Waals surface area contributed by atoms with Crippen molar-refractivity contribution in [2.75, 3.05) is 7.11 Å². The molecular weight excluding hydrogens is 504 g/mol. The minimum absolute atomic E-state index is 0.0280. The van der Waals surface area contributed by atoms with E-state index in [1.165, 1.54) is 11.1 Å². The van der Waals surface area contributed by atoms with Gasteiger partial charge in [0.05, 0.1) is 22.8 Å². The molecular formula is C34H38O4S. The van der Waals surface area contributed by atoms with Crippen LogP contribution in [0, 0.1) is 17.8 Å². The molecule has 0 saturated heterocycles. The lowest BCUT2D eigenvalue weighted by molar-refractivity contribution is -0.160. The molecule has 0 unspecified atom stereocenters. The molecule has 0 aromatic heterocycles. The molecule has 0 heterocycles. The van der Waals surface area contributed by atoms with Crippen molar-refractivity contribution >= 4 is 16.8 Å². The van der Waals surface area contributed by atoms with Gasteiger partial charge in [0.25, 0.3) is 0 Å². The van der Waals surface area contributed by atoms with Crippen molar-refractivity contribution in [1.82, 2.24) is 0 Å². The van der Waals surface area contributed by atoms with E-state index in [0.717, 1.165) is 30.4 Å². The van der Waals surface area contributed by atoms with Crippen LogP contribution in [0.4, 0.5) is 0 Å². The summed E-state index contributed by atoms with van der Waals surface area (Å²) in [6.45, 7) is 6.69.